The van der Waals surface area contributed by atoms with Gasteiger partial charge in [0.2, 0.25) is 0 Å². The molecule has 4 aromatic rings. The van der Waals surface area contributed by atoms with Crippen LogP contribution >= 0.6 is 0 Å². The van der Waals surface area contributed by atoms with E-state index in [0.717, 1.165) is 59.4 Å². The van der Waals surface area contributed by atoms with E-state index < -0.39 is 6.29 Å². The summed E-state index contributed by atoms with van der Waals surface area (Å²) >= 11 is 0. The van der Waals surface area contributed by atoms with Gasteiger partial charge in [-0.05, 0) is 71.9 Å². The van der Waals surface area contributed by atoms with Gasteiger partial charge in [-0.2, -0.15) is 0 Å². The summed E-state index contributed by atoms with van der Waals surface area (Å²) in [6.45, 7) is 7.87. The molecular formula is C49H62N2O5. The Kier molecular flexibility index (Phi) is 15.9. The molecule has 56 heavy (non-hydrogen) atoms. The molecule has 2 amide bonds. The zero-order chi connectivity index (χ0) is 39.1. The molecular weight excluding hydrogens is 697 g/mol. The highest BCUT2D eigenvalue weighted by Gasteiger charge is 2.35. The summed E-state index contributed by atoms with van der Waals surface area (Å²) in [5.41, 5.74) is 6.83. The molecule has 4 aromatic carbocycles. The standard InChI is InChI=1S/C49H62N2O5/c1-3-5-7-9-11-15-30-50(31-16-12-10-8-6-4-2)35-43-33-46(40-24-22-37(36-52)23-25-40)56-49(55-43)41-28-26-39(27-29-41)42-19-17-18-38(32-42)34-51-47(53)44-20-13-14-21-45(44)48(51)54/h13-14,17-29,32,43,46,49,52H,3-12,15-16,30-31,33-36H2,1-2H3/t43-,46+,49+/m0/s1. The zero-order valence-electron chi connectivity index (χ0n) is 33.7. The Morgan fingerprint density at radius 3 is 1.82 bits per heavy atom. The summed E-state index contributed by atoms with van der Waals surface area (Å²) in [5.74, 6) is -0.497. The van der Waals surface area contributed by atoms with Crippen LogP contribution in [0.4, 0.5) is 0 Å². The maximum absolute atomic E-state index is 13.0. The molecule has 7 nitrogen and oxygen atoms in total. The molecule has 1 saturated heterocycles. The van der Waals surface area contributed by atoms with E-state index in [1.54, 1.807) is 24.3 Å². The van der Waals surface area contributed by atoms with Crippen LogP contribution in [0.2, 0.25) is 0 Å². The van der Waals surface area contributed by atoms with Crippen molar-refractivity contribution in [1.29, 1.82) is 0 Å². The molecule has 2 heterocycles. The minimum absolute atomic E-state index is 0.00922. The minimum Gasteiger partial charge on any atom is -0.392 e. The van der Waals surface area contributed by atoms with E-state index >= 15 is 0 Å². The number of ether oxygens (including phenoxy) is 2. The molecule has 0 spiro atoms. The van der Waals surface area contributed by atoms with Gasteiger partial charge in [-0.3, -0.25) is 14.5 Å². The first-order valence-corrected chi connectivity index (χ1v) is 21.3. The van der Waals surface area contributed by atoms with Crippen LogP contribution in [0.5, 0.6) is 0 Å². The Hall–Kier alpha value is -4.14. The third-order valence-corrected chi connectivity index (χ3v) is 11.4. The molecule has 3 atom stereocenters. The quantitative estimate of drug-likeness (QED) is 0.0635. The highest BCUT2D eigenvalue weighted by molar-refractivity contribution is 6.21. The monoisotopic (exact) mass is 758 g/mol. The predicted molar refractivity (Wildman–Crippen MR) is 224 cm³/mol. The lowest BCUT2D eigenvalue weighted by Crippen LogP contribution is -2.40. The van der Waals surface area contributed by atoms with Crippen molar-refractivity contribution in [3.63, 3.8) is 0 Å². The molecule has 2 aliphatic rings. The van der Waals surface area contributed by atoms with Crippen molar-refractivity contribution in [2.45, 2.75) is 129 Å². The number of benzene rings is 4. The largest absolute Gasteiger partial charge is 0.392 e. The number of carbonyl (C=O) groups is 2. The number of amides is 2. The fourth-order valence-electron chi connectivity index (χ4n) is 8.09. The summed E-state index contributed by atoms with van der Waals surface area (Å²) < 4.78 is 13.6. The third kappa shape index (κ3) is 11.3. The first-order valence-electron chi connectivity index (χ1n) is 21.3. The van der Waals surface area contributed by atoms with Gasteiger partial charge in [-0.25, -0.2) is 0 Å². The number of hydrogen-bond acceptors (Lipinski definition) is 6. The maximum atomic E-state index is 13.0. The molecule has 7 heteroatoms. The number of imide groups is 1. The molecule has 0 aliphatic carbocycles. The number of unbranched alkanes of at least 4 members (excludes halogenated alkanes) is 10. The van der Waals surface area contributed by atoms with Gasteiger partial charge >= 0.3 is 0 Å². The van der Waals surface area contributed by atoms with Gasteiger partial charge in [0.15, 0.2) is 6.29 Å². The lowest BCUT2D eigenvalue weighted by atomic mass is 9.98. The summed E-state index contributed by atoms with van der Waals surface area (Å²) in [6.07, 6.45) is 15.6. The second-order valence-electron chi connectivity index (χ2n) is 15.8. The van der Waals surface area contributed by atoms with Crippen molar-refractivity contribution in [2.24, 2.45) is 0 Å². The normalized spacial score (nSPS) is 18.2. The van der Waals surface area contributed by atoms with Gasteiger partial charge in [0, 0.05) is 18.5 Å². The molecule has 0 unspecified atom stereocenters. The number of carbonyl (C=O) groups excluding carboxylic acids is 2. The maximum Gasteiger partial charge on any atom is 0.261 e. The van der Waals surface area contributed by atoms with E-state index in [9.17, 15) is 14.7 Å². The topological polar surface area (TPSA) is 79.3 Å². The highest BCUT2D eigenvalue weighted by Crippen LogP contribution is 2.39. The van der Waals surface area contributed by atoms with Crippen LogP contribution in [0, 0.1) is 0 Å². The second-order valence-corrected chi connectivity index (χ2v) is 15.8. The number of rotatable bonds is 22. The molecule has 2 aliphatic heterocycles. The summed E-state index contributed by atoms with van der Waals surface area (Å²) in [6, 6.07) is 31.6. The van der Waals surface area contributed by atoms with Crippen LogP contribution in [0.25, 0.3) is 11.1 Å². The van der Waals surface area contributed by atoms with Crippen molar-refractivity contribution >= 4 is 11.8 Å². The molecule has 298 valence electrons. The Labute approximate surface area is 335 Å². The van der Waals surface area contributed by atoms with Crippen molar-refractivity contribution in [1.82, 2.24) is 9.80 Å². The Bertz CT molecular complexity index is 1770. The van der Waals surface area contributed by atoms with Crippen molar-refractivity contribution < 1.29 is 24.2 Å². The van der Waals surface area contributed by atoms with Crippen LogP contribution in [0.3, 0.4) is 0 Å². The van der Waals surface area contributed by atoms with Gasteiger partial charge in [-0.1, -0.05) is 157 Å². The van der Waals surface area contributed by atoms with Crippen molar-refractivity contribution in [2.75, 3.05) is 19.6 Å². The molecule has 1 fully saturated rings. The summed E-state index contributed by atoms with van der Waals surface area (Å²) in [4.78, 5) is 30.0. The van der Waals surface area contributed by atoms with E-state index in [0.29, 0.717) is 11.1 Å². The van der Waals surface area contributed by atoms with Crippen LogP contribution in [0.1, 0.15) is 153 Å². The van der Waals surface area contributed by atoms with Crippen molar-refractivity contribution in [3.8, 4) is 11.1 Å². The van der Waals surface area contributed by atoms with Crippen LogP contribution < -0.4 is 0 Å². The fraction of sp³-hybridized carbons (Fsp3) is 0.469. The average molecular weight is 759 g/mol. The van der Waals surface area contributed by atoms with Gasteiger partial charge in [0.25, 0.3) is 11.8 Å². The number of fused-ring (bicyclic) bond motifs is 1. The molecule has 1 N–H and O–H groups in total. The van der Waals surface area contributed by atoms with Crippen LogP contribution in [-0.4, -0.2) is 52.5 Å². The van der Waals surface area contributed by atoms with Crippen LogP contribution in [0.15, 0.2) is 97.1 Å². The first-order chi connectivity index (χ1) is 27.5. The second kappa shape index (κ2) is 21.4. The fourth-order valence-corrected chi connectivity index (χ4v) is 8.09. The summed E-state index contributed by atoms with van der Waals surface area (Å²) in [5, 5.41) is 9.69. The third-order valence-electron chi connectivity index (χ3n) is 11.4. The van der Waals surface area contributed by atoms with E-state index in [1.807, 2.05) is 24.3 Å². The molecule has 0 aromatic heterocycles. The van der Waals surface area contributed by atoms with Gasteiger partial charge in [0.05, 0.1) is 36.5 Å². The Morgan fingerprint density at radius 2 is 1.21 bits per heavy atom. The summed E-state index contributed by atoms with van der Waals surface area (Å²) in [7, 11) is 0. The number of aliphatic hydroxyl groups is 1. The van der Waals surface area contributed by atoms with Gasteiger partial charge in [-0.15, -0.1) is 0 Å². The minimum atomic E-state index is -0.518. The first kappa shape index (κ1) is 41.5. The SMILES string of the molecule is CCCCCCCCN(CCCCCCCC)C[C@@H]1C[C@H](c2ccc(CO)cc2)O[C@H](c2ccc(-c3cccc(CN4C(=O)c5ccccc5C4=O)c3)cc2)O1. The molecule has 0 radical (unpaired) electrons. The lowest BCUT2D eigenvalue weighted by molar-refractivity contribution is -0.253. The lowest BCUT2D eigenvalue weighted by Gasteiger charge is -2.38. The van der Waals surface area contributed by atoms with E-state index in [4.69, 9.17) is 9.47 Å². The highest BCUT2D eigenvalue weighted by atomic mass is 16.7. The van der Waals surface area contributed by atoms with Crippen molar-refractivity contribution in [3.05, 3.63) is 130 Å². The number of nitrogens with zero attached hydrogens (tertiary/aromatic N) is 2. The number of aliphatic hydroxyl groups excluding tert-OH is 1. The molecule has 0 saturated carbocycles. The van der Waals surface area contributed by atoms with Gasteiger partial charge < -0.3 is 19.5 Å². The Balaban J connectivity index is 1.15. The van der Waals surface area contributed by atoms with Gasteiger partial charge in [0.1, 0.15) is 0 Å². The smallest absolute Gasteiger partial charge is 0.261 e. The van der Waals surface area contributed by atoms with E-state index in [-0.39, 0.29) is 37.2 Å². The molecule has 0 bridgehead atoms. The zero-order valence-corrected chi connectivity index (χ0v) is 33.7. The molecule has 6 rings (SSSR count). The van der Waals surface area contributed by atoms with Crippen LogP contribution in [-0.2, 0) is 22.6 Å². The van der Waals surface area contributed by atoms with E-state index in [1.165, 1.54) is 81.9 Å². The predicted octanol–water partition coefficient (Wildman–Crippen LogP) is 11.2. The van der Waals surface area contributed by atoms with E-state index in [2.05, 4.69) is 67.3 Å². The Morgan fingerprint density at radius 1 is 0.625 bits per heavy atom. The number of hydrogen-bond donors (Lipinski definition) is 1. The average Bonchev–Trinajstić information content (AvgIpc) is 3.47.